The summed E-state index contributed by atoms with van der Waals surface area (Å²) in [5.41, 5.74) is 0.523. The van der Waals surface area contributed by atoms with Gasteiger partial charge in [-0.25, -0.2) is 0 Å². The molecule has 1 aromatic carbocycles. The second-order valence-corrected chi connectivity index (χ2v) is 6.22. The number of ether oxygens (including phenoxy) is 3. The molecule has 0 bridgehead atoms. The number of methoxy groups -OCH3 is 2. The lowest BCUT2D eigenvalue weighted by molar-refractivity contribution is -0.142. The van der Waals surface area contributed by atoms with Crippen LogP contribution in [0.2, 0.25) is 0 Å². The first kappa shape index (κ1) is 17.5. The Labute approximate surface area is 147 Å². The van der Waals surface area contributed by atoms with E-state index in [0.29, 0.717) is 49.8 Å². The topological polar surface area (TPSA) is 68.3 Å². The van der Waals surface area contributed by atoms with Gasteiger partial charge in [0.25, 0.3) is 11.8 Å². The molecule has 7 heteroatoms. The number of carbonyl (C=O) groups excluding carboxylic acids is 2. The average molecular weight is 348 g/mol. The van der Waals surface area contributed by atoms with Crippen LogP contribution in [-0.2, 0) is 9.53 Å². The van der Waals surface area contributed by atoms with Crippen LogP contribution in [0, 0.1) is 0 Å². The van der Waals surface area contributed by atoms with Gasteiger partial charge in [-0.05, 0) is 25.0 Å². The number of nitrogens with zero attached hydrogens (tertiary/aromatic N) is 2. The number of hydrogen-bond acceptors (Lipinski definition) is 5. The van der Waals surface area contributed by atoms with Crippen molar-refractivity contribution in [2.45, 2.75) is 18.9 Å². The first-order valence-electron chi connectivity index (χ1n) is 8.55. The number of piperazine rings is 1. The van der Waals surface area contributed by atoms with Gasteiger partial charge in [-0.2, -0.15) is 0 Å². The summed E-state index contributed by atoms with van der Waals surface area (Å²) in [4.78, 5) is 28.7. The molecule has 2 aliphatic rings. The minimum Gasteiger partial charge on any atom is -0.497 e. The lowest BCUT2D eigenvalue weighted by Crippen LogP contribution is -2.52. The van der Waals surface area contributed by atoms with Crippen molar-refractivity contribution in [1.29, 1.82) is 0 Å². The Kier molecular flexibility index (Phi) is 5.43. The molecule has 0 aromatic heterocycles. The maximum absolute atomic E-state index is 12.8. The third kappa shape index (κ3) is 3.87. The molecule has 2 saturated heterocycles. The van der Waals surface area contributed by atoms with Gasteiger partial charge in [-0.1, -0.05) is 0 Å². The van der Waals surface area contributed by atoms with Gasteiger partial charge in [0, 0.05) is 44.4 Å². The average Bonchev–Trinajstić information content (AvgIpc) is 3.21. The largest absolute Gasteiger partial charge is 0.497 e. The van der Waals surface area contributed by atoms with E-state index in [4.69, 9.17) is 14.2 Å². The van der Waals surface area contributed by atoms with Gasteiger partial charge in [0.2, 0.25) is 0 Å². The molecule has 0 aliphatic carbocycles. The molecule has 0 unspecified atom stereocenters. The quantitative estimate of drug-likeness (QED) is 0.817. The summed E-state index contributed by atoms with van der Waals surface area (Å²) < 4.78 is 15.9. The van der Waals surface area contributed by atoms with E-state index in [1.54, 1.807) is 42.2 Å². The highest BCUT2D eigenvalue weighted by Gasteiger charge is 2.31. The zero-order valence-electron chi connectivity index (χ0n) is 14.7. The van der Waals surface area contributed by atoms with Gasteiger partial charge in [0.15, 0.2) is 0 Å². The fourth-order valence-corrected chi connectivity index (χ4v) is 3.22. The predicted octanol–water partition coefficient (Wildman–Crippen LogP) is 1.17. The van der Waals surface area contributed by atoms with Gasteiger partial charge >= 0.3 is 0 Å². The van der Waals surface area contributed by atoms with E-state index < -0.39 is 0 Å². The summed E-state index contributed by atoms with van der Waals surface area (Å²) in [5, 5.41) is 0. The van der Waals surface area contributed by atoms with Crippen LogP contribution in [0.15, 0.2) is 18.2 Å². The molecule has 1 aromatic rings. The summed E-state index contributed by atoms with van der Waals surface area (Å²) in [6.07, 6.45) is 1.43. The van der Waals surface area contributed by atoms with E-state index in [9.17, 15) is 9.59 Å². The molecule has 1 atom stereocenters. The first-order chi connectivity index (χ1) is 12.1. The van der Waals surface area contributed by atoms with Crippen LogP contribution >= 0.6 is 0 Å². The Morgan fingerprint density at radius 3 is 2.12 bits per heavy atom. The van der Waals surface area contributed by atoms with Crippen LogP contribution in [0.5, 0.6) is 11.5 Å². The first-order valence-corrected chi connectivity index (χ1v) is 8.55. The highest BCUT2D eigenvalue weighted by molar-refractivity contribution is 5.95. The molecule has 3 rings (SSSR count). The molecule has 0 radical (unpaired) electrons. The zero-order valence-corrected chi connectivity index (χ0v) is 14.7. The van der Waals surface area contributed by atoms with E-state index >= 15 is 0 Å². The maximum Gasteiger partial charge on any atom is 0.254 e. The summed E-state index contributed by atoms with van der Waals surface area (Å²) in [6, 6.07) is 5.14. The SMILES string of the molecule is COc1cc(OC)cc(C(=O)N2CCN(C(=O)[C@@H]3CCCO3)CC2)c1. The summed E-state index contributed by atoms with van der Waals surface area (Å²) in [6.45, 7) is 2.75. The Morgan fingerprint density at radius 1 is 1.00 bits per heavy atom. The van der Waals surface area contributed by atoms with Gasteiger partial charge in [-0.15, -0.1) is 0 Å². The summed E-state index contributed by atoms with van der Waals surface area (Å²) >= 11 is 0. The van der Waals surface area contributed by atoms with Crippen molar-refractivity contribution in [3.8, 4) is 11.5 Å². The third-order valence-corrected chi connectivity index (χ3v) is 4.68. The lowest BCUT2D eigenvalue weighted by Gasteiger charge is -2.35. The van der Waals surface area contributed by atoms with Crippen molar-refractivity contribution in [2.24, 2.45) is 0 Å². The van der Waals surface area contributed by atoms with Crippen LogP contribution in [0.1, 0.15) is 23.2 Å². The zero-order chi connectivity index (χ0) is 17.8. The Bertz CT molecular complexity index is 612. The van der Waals surface area contributed by atoms with Crippen molar-refractivity contribution in [1.82, 2.24) is 9.80 Å². The second-order valence-electron chi connectivity index (χ2n) is 6.22. The smallest absolute Gasteiger partial charge is 0.254 e. The monoisotopic (exact) mass is 348 g/mol. The molecule has 0 saturated carbocycles. The Balaban J connectivity index is 1.62. The maximum atomic E-state index is 12.8. The molecule has 2 aliphatic heterocycles. The van der Waals surface area contributed by atoms with E-state index in [-0.39, 0.29) is 17.9 Å². The molecular weight excluding hydrogens is 324 g/mol. The fraction of sp³-hybridized carbons (Fsp3) is 0.556. The standard InChI is InChI=1S/C18H24N2O5/c1-23-14-10-13(11-15(12-14)24-2)17(21)19-5-7-20(8-6-19)18(22)16-4-3-9-25-16/h10-12,16H,3-9H2,1-2H3/t16-/m0/s1. The molecule has 2 heterocycles. The Morgan fingerprint density at radius 2 is 1.60 bits per heavy atom. The molecule has 0 N–H and O–H groups in total. The van der Waals surface area contributed by atoms with Crippen molar-refractivity contribution >= 4 is 11.8 Å². The van der Waals surface area contributed by atoms with Crippen LogP contribution < -0.4 is 9.47 Å². The number of benzene rings is 1. The van der Waals surface area contributed by atoms with Crippen LogP contribution in [0.25, 0.3) is 0 Å². The lowest BCUT2D eigenvalue weighted by atomic mass is 10.1. The minimum atomic E-state index is -0.301. The van der Waals surface area contributed by atoms with Gasteiger partial charge in [0.1, 0.15) is 17.6 Å². The minimum absolute atomic E-state index is 0.0487. The highest BCUT2D eigenvalue weighted by Crippen LogP contribution is 2.24. The fourth-order valence-electron chi connectivity index (χ4n) is 3.22. The molecule has 0 spiro atoms. The molecular formula is C18H24N2O5. The predicted molar refractivity (Wildman–Crippen MR) is 91.0 cm³/mol. The molecule has 2 fully saturated rings. The molecule has 136 valence electrons. The second kappa shape index (κ2) is 7.74. The van der Waals surface area contributed by atoms with Crippen molar-refractivity contribution in [3.63, 3.8) is 0 Å². The number of carbonyl (C=O) groups is 2. The molecule has 7 nitrogen and oxygen atoms in total. The third-order valence-electron chi connectivity index (χ3n) is 4.68. The van der Waals surface area contributed by atoms with Gasteiger partial charge in [-0.3, -0.25) is 9.59 Å². The number of amides is 2. The van der Waals surface area contributed by atoms with Crippen LogP contribution in [0.4, 0.5) is 0 Å². The van der Waals surface area contributed by atoms with E-state index in [2.05, 4.69) is 0 Å². The number of rotatable bonds is 4. The van der Waals surface area contributed by atoms with Crippen molar-refractivity contribution in [3.05, 3.63) is 23.8 Å². The molecule has 2 amide bonds. The Hall–Kier alpha value is -2.28. The van der Waals surface area contributed by atoms with Crippen molar-refractivity contribution < 1.29 is 23.8 Å². The summed E-state index contributed by atoms with van der Waals surface area (Å²) in [7, 11) is 3.11. The van der Waals surface area contributed by atoms with Gasteiger partial charge in [0.05, 0.1) is 14.2 Å². The van der Waals surface area contributed by atoms with E-state index in [1.807, 2.05) is 0 Å². The van der Waals surface area contributed by atoms with Gasteiger partial charge < -0.3 is 24.0 Å². The van der Waals surface area contributed by atoms with Crippen LogP contribution in [-0.4, -0.2) is 74.7 Å². The summed E-state index contributed by atoms with van der Waals surface area (Å²) in [5.74, 6) is 1.12. The van der Waals surface area contributed by atoms with E-state index in [0.717, 1.165) is 12.8 Å². The molecule has 25 heavy (non-hydrogen) atoms. The highest BCUT2D eigenvalue weighted by atomic mass is 16.5. The van der Waals surface area contributed by atoms with Crippen molar-refractivity contribution in [2.75, 3.05) is 47.0 Å². The normalized spacial score (nSPS) is 20.5. The van der Waals surface area contributed by atoms with E-state index in [1.165, 1.54) is 0 Å². The van der Waals surface area contributed by atoms with Crippen LogP contribution in [0.3, 0.4) is 0 Å². The number of hydrogen-bond donors (Lipinski definition) is 0.